The molecule has 0 aliphatic heterocycles. The van der Waals surface area contributed by atoms with Crippen LogP contribution in [0.3, 0.4) is 0 Å². The SMILES string of the molecule is c1ccc2c(c1)CCCCC2NCCc1ccncc1. The maximum atomic E-state index is 4.07. The Morgan fingerprint density at radius 3 is 2.80 bits per heavy atom. The predicted molar refractivity (Wildman–Crippen MR) is 82.7 cm³/mol. The summed E-state index contributed by atoms with van der Waals surface area (Å²) in [6.45, 7) is 1.03. The predicted octanol–water partition coefficient (Wildman–Crippen LogP) is 3.68. The van der Waals surface area contributed by atoms with Gasteiger partial charge in [0.2, 0.25) is 0 Å². The van der Waals surface area contributed by atoms with Crippen LogP contribution in [0.15, 0.2) is 48.8 Å². The van der Waals surface area contributed by atoms with E-state index < -0.39 is 0 Å². The van der Waals surface area contributed by atoms with E-state index in [2.05, 4.69) is 46.7 Å². The maximum absolute atomic E-state index is 4.07. The Bertz CT molecular complexity index is 536. The second-order valence-corrected chi connectivity index (χ2v) is 5.56. The molecule has 1 N–H and O–H groups in total. The summed E-state index contributed by atoms with van der Waals surface area (Å²) < 4.78 is 0. The fourth-order valence-corrected chi connectivity index (χ4v) is 3.07. The lowest BCUT2D eigenvalue weighted by Gasteiger charge is -2.19. The fraction of sp³-hybridized carbons (Fsp3) is 0.389. The van der Waals surface area contributed by atoms with E-state index in [9.17, 15) is 0 Å². The molecule has 2 aromatic rings. The van der Waals surface area contributed by atoms with Crippen molar-refractivity contribution < 1.29 is 0 Å². The van der Waals surface area contributed by atoms with Crippen molar-refractivity contribution in [3.63, 3.8) is 0 Å². The van der Waals surface area contributed by atoms with Crippen LogP contribution in [0.4, 0.5) is 0 Å². The average molecular weight is 266 g/mol. The van der Waals surface area contributed by atoms with Crippen molar-refractivity contribution in [3.8, 4) is 0 Å². The second-order valence-electron chi connectivity index (χ2n) is 5.56. The molecule has 104 valence electrons. The Hall–Kier alpha value is -1.67. The first-order valence-corrected chi connectivity index (χ1v) is 7.63. The highest BCUT2D eigenvalue weighted by Crippen LogP contribution is 2.28. The molecule has 20 heavy (non-hydrogen) atoms. The summed E-state index contributed by atoms with van der Waals surface area (Å²) in [5.41, 5.74) is 4.40. The monoisotopic (exact) mass is 266 g/mol. The molecule has 1 atom stereocenters. The largest absolute Gasteiger partial charge is 0.310 e. The van der Waals surface area contributed by atoms with Crippen molar-refractivity contribution in [1.82, 2.24) is 10.3 Å². The minimum absolute atomic E-state index is 0.524. The summed E-state index contributed by atoms with van der Waals surface area (Å²) in [5.74, 6) is 0. The van der Waals surface area contributed by atoms with Gasteiger partial charge in [0.1, 0.15) is 0 Å². The number of fused-ring (bicyclic) bond motifs is 1. The fourth-order valence-electron chi connectivity index (χ4n) is 3.07. The van der Waals surface area contributed by atoms with Crippen LogP contribution in [-0.2, 0) is 12.8 Å². The number of benzene rings is 1. The number of rotatable bonds is 4. The molecular weight excluding hydrogens is 244 g/mol. The molecule has 2 heteroatoms. The summed E-state index contributed by atoms with van der Waals surface area (Å²) in [6, 6.07) is 13.6. The van der Waals surface area contributed by atoms with E-state index in [0.717, 1.165) is 13.0 Å². The van der Waals surface area contributed by atoms with E-state index in [1.807, 2.05) is 12.4 Å². The van der Waals surface area contributed by atoms with Crippen molar-refractivity contribution in [2.45, 2.75) is 38.1 Å². The quantitative estimate of drug-likeness (QED) is 0.854. The molecule has 3 rings (SSSR count). The smallest absolute Gasteiger partial charge is 0.0323 e. The number of pyridine rings is 1. The summed E-state index contributed by atoms with van der Waals surface area (Å²) in [5, 5.41) is 3.75. The van der Waals surface area contributed by atoms with Gasteiger partial charge in [0.25, 0.3) is 0 Å². The van der Waals surface area contributed by atoms with Crippen LogP contribution < -0.4 is 5.32 Å². The van der Waals surface area contributed by atoms with Gasteiger partial charge in [0.15, 0.2) is 0 Å². The second kappa shape index (κ2) is 6.67. The standard InChI is InChI=1S/C18H22N2/c1-3-7-17-16(5-1)6-2-4-8-18(17)20-14-11-15-9-12-19-13-10-15/h1,3,5,7,9-10,12-13,18,20H,2,4,6,8,11,14H2. The van der Waals surface area contributed by atoms with E-state index >= 15 is 0 Å². The van der Waals surface area contributed by atoms with Crippen molar-refractivity contribution in [3.05, 3.63) is 65.5 Å². The van der Waals surface area contributed by atoms with Gasteiger partial charge in [0.05, 0.1) is 0 Å². The molecule has 0 amide bonds. The summed E-state index contributed by atoms with van der Waals surface area (Å²) in [6.07, 6.45) is 9.95. The van der Waals surface area contributed by atoms with Crippen LogP contribution in [-0.4, -0.2) is 11.5 Å². The van der Waals surface area contributed by atoms with E-state index in [0.29, 0.717) is 6.04 Å². The van der Waals surface area contributed by atoms with Crippen LogP contribution in [0.2, 0.25) is 0 Å². The lowest BCUT2D eigenvalue weighted by Crippen LogP contribution is -2.24. The molecule has 1 aliphatic carbocycles. The lowest BCUT2D eigenvalue weighted by atomic mass is 9.99. The Kier molecular flexibility index (Phi) is 4.44. The van der Waals surface area contributed by atoms with Crippen molar-refractivity contribution in [1.29, 1.82) is 0 Å². The normalized spacial score (nSPS) is 18.3. The molecule has 1 unspecified atom stereocenters. The zero-order valence-corrected chi connectivity index (χ0v) is 11.9. The van der Waals surface area contributed by atoms with Crippen molar-refractivity contribution in [2.75, 3.05) is 6.54 Å². The molecule has 0 saturated heterocycles. The van der Waals surface area contributed by atoms with E-state index in [1.54, 1.807) is 0 Å². The number of hydrogen-bond acceptors (Lipinski definition) is 2. The van der Waals surface area contributed by atoms with Gasteiger partial charge >= 0.3 is 0 Å². The number of aromatic nitrogens is 1. The molecule has 0 spiro atoms. The van der Waals surface area contributed by atoms with Crippen LogP contribution >= 0.6 is 0 Å². The van der Waals surface area contributed by atoms with Gasteiger partial charge in [-0.25, -0.2) is 0 Å². The van der Waals surface area contributed by atoms with E-state index in [4.69, 9.17) is 0 Å². The van der Waals surface area contributed by atoms with E-state index in [1.165, 1.54) is 42.4 Å². The highest BCUT2D eigenvalue weighted by Gasteiger charge is 2.17. The summed E-state index contributed by atoms with van der Waals surface area (Å²) >= 11 is 0. The Morgan fingerprint density at radius 1 is 1.05 bits per heavy atom. The first-order valence-electron chi connectivity index (χ1n) is 7.63. The number of aryl methyl sites for hydroxylation is 1. The van der Waals surface area contributed by atoms with Gasteiger partial charge in [-0.05, 0) is 61.1 Å². The van der Waals surface area contributed by atoms with Crippen LogP contribution in [0.25, 0.3) is 0 Å². The Labute approximate surface area is 121 Å². The molecule has 1 heterocycles. The third kappa shape index (κ3) is 3.26. The number of hydrogen-bond donors (Lipinski definition) is 1. The van der Waals surface area contributed by atoms with Crippen LogP contribution in [0.1, 0.15) is 42.0 Å². The van der Waals surface area contributed by atoms with Gasteiger partial charge in [-0.2, -0.15) is 0 Å². The van der Waals surface area contributed by atoms with Gasteiger partial charge in [-0.1, -0.05) is 30.7 Å². The summed E-state index contributed by atoms with van der Waals surface area (Å²) in [7, 11) is 0. The molecule has 0 bridgehead atoms. The van der Waals surface area contributed by atoms with Crippen LogP contribution in [0, 0.1) is 0 Å². The molecule has 0 saturated carbocycles. The zero-order chi connectivity index (χ0) is 13.6. The third-order valence-corrected chi connectivity index (χ3v) is 4.17. The lowest BCUT2D eigenvalue weighted by molar-refractivity contribution is 0.493. The third-order valence-electron chi connectivity index (χ3n) is 4.17. The minimum atomic E-state index is 0.524. The zero-order valence-electron chi connectivity index (χ0n) is 11.9. The van der Waals surface area contributed by atoms with Crippen LogP contribution in [0.5, 0.6) is 0 Å². The molecule has 1 aromatic carbocycles. The van der Waals surface area contributed by atoms with Crippen molar-refractivity contribution >= 4 is 0 Å². The van der Waals surface area contributed by atoms with E-state index in [-0.39, 0.29) is 0 Å². The number of nitrogens with one attached hydrogen (secondary N) is 1. The average Bonchev–Trinajstić information content (AvgIpc) is 2.71. The highest BCUT2D eigenvalue weighted by atomic mass is 14.9. The van der Waals surface area contributed by atoms with Gasteiger partial charge in [0, 0.05) is 18.4 Å². The number of nitrogens with zero attached hydrogens (tertiary/aromatic N) is 1. The molecule has 0 radical (unpaired) electrons. The first kappa shape index (κ1) is 13.3. The molecule has 1 aromatic heterocycles. The highest BCUT2D eigenvalue weighted by molar-refractivity contribution is 5.31. The van der Waals surface area contributed by atoms with Gasteiger partial charge in [-0.3, -0.25) is 4.98 Å². The minimum Gasteiger partial charge on any atom is -0.310 e. The Balaban J connectivity index is 1.62. The Morgan fingerprint density at radius 2 is 1.90 bits per heavy atom. The molecule has 1 aliphatic rings. The molecular formula is C18H22N2. The topological polar surface area (TPSA) is 24.9 Å². The molecule has 2 nitrogen and oxygen atoms in total. The maximum Gasteiger partial charge on any atom is 0.0323 e. The van der Waals surface area contributed by atoms with Crippen molar-refractivity contribution in [2.24, 2.45) is 0 Å². The summed E-state index contributed by atoms with van der Waals surface area (Å²) in [4.78, 5) is 4.07. The first-order chi connectivity index (χ1) is 9.93. The molecule has 0 fully saturated rings. The van der Waals surface area contributed by atoms with Gasteiger partial charge in [-0.15, -0.1) is 0 Å². The van der Waals surface area contributed by atoms with Gasteiger partial charge < -0.3 is 5.32 Å².